The van der Waals surface area contributed by atoms with Gasteiger partial charge in [0, 0.05) is 0 Å². The monoisotopic (exact) mass is 675 g/mol. The number of benzene rings is 1. The SMILES string of the molecule is CCC1OB(O)c2cc(OCCCCC=C3CCC(C)(C)n4cc(C(=O)O)c(=O)c([C](C)=[W])c43)ccc21. The predicted octanol–water partition coefficient (Wildman–Crippen LogP) is 3.96. The summed E-state index contributed by atoms with van der Waals surface area (Å²) < 4.78 is 14.4. The molecule has 7 nitrogen and oxygen atoms in total. The Hall–Kier alpha value is -2.28. The molecule has 1 aromatic carbocycles. The average molecular weight is 675 g/mol. The summed E-state index contributed by atoms with van der Waals surface area (Å²) in [5.74, 6) is -0.449. The molecule has 1 atom stereocenters. The van der Waals surface area contributed by atoms with Crippen molar-refractivity contribution in [2.24, 2.45) is 0 Å². The van der Waals surface area contributed by atoms with Crippen molar-refractivity contribution in [3.63, 3.8) is 0 Å². The summed E-state index contributed by atoms with van der Waals surface area (Å²) in [5, 5.41) is 19.8. The number of carboxylic acid groups (broad SMARTS) is 1. The van der Waals surface area contributed by atoms with Gasteiger partial charge in [0.05, 0.1) is 6.10 Å². The summed E-state index contributed by atoms with van der Waals surface area (Å²) in [7, 11) is -0.895. The molecule has 1 unspecified atom stereocenters. The van der Waals surface area contributed by atoms with Crippen LogP contribution in [-0.4, -0.2) is 38.3 Å². The van der Waals surface area contributed by atoms with Crippen molar-refractivity contribution >= 4 is 28.0 Å². The molecule has 2 N–H and O–H groups in total. The van der Waals surface area contributed by atoms with E-state index in [4.69, 9.17) is 9.39 Å². The van der Waals surface area contributed by atoms with Crippen molar-refractivity contribution in [1.82, 2.24) is 4.57 Å². The van der Waals surface area contributed by atoms with Crippen LogP contribution in [0.15, 0.2) is 35.3 Å². The number of hydrogen-bond acceptors (Lipinski definition) is 5. The predicted molar refractivity (Wildman–Crippen MR) is 141 cm³/mol. The van der Waals surface area contributed by atoms with Crippen molar-refractivity contribution in [3.8, 4) is 5.75 Å². The van der Waals surface area contributed by atoms with Gasteiger partial charge in [-0.3, -0.25) is 0 Å². The van der Waals surface area contributed by atoms with Crippen LogP contribution < -0.4 is 15.6 Å². The van der Waals surface area contributed by atoms with Crippen LogP contribution in [0.4, 0.5) is 0 Å². The van der Waals surface area contributed by atoms with Gasteiger partial charge in [0.2, 0.25) is 0 Å². The summed E-state index contributed by atoms with van der Waals surface area (Å²) in [5.41, 5.74) is 3.52. The normalized spacial score (nSPS) is 19.0. The number of carbonyl (C=O) groups is 1. The first kappa shape index (κ1) is 27.7. The van der Waals surface area contributed by atoms with Gasteiger partial charge in [-0.05, 0) is 17.4 Å². The van der Waals surface area contributed by atoms with E-state index in [0.717, 1.165) is 89.8 Å². The Labute approximate surface area is 229 Å². The fourth-order valence-electron chi connectivity index (χ4n) is 5.25. The van der Waals surface area contributed by atoms with Gasteiger partial charge < -0.3 is 9.68 Å². The van der Waals surface area contributed by atoms with E-state index in [-0.39, 0.29) is 17.2 Å². The van der Waals surface area contributed by atoms with E-state index in [1.165, 1.54) is 6.20 Å². The summed E-state index contributed by atoms with van der Waals surface area (Å²) in [6, 6.07) is 5.78. The van der Waals surface area contributed by atoms with Crippen LogP contribution in [0.5, 0.6) is 5.75 Å². The van der Waals surface area contributed by atoms with Crippen LogP contribution in [0.25, 0.3) is 5.57 Å². The number of hydrogen-bond donors (Lipinski definition) is 2. The minimum atomic E-state index is -1.18. The second-order valence-corrected chi connectivity index (χ2v) is 12.6. The number of aromatic nitrogens is 1. The zero-order valence-corrected chi connectivity index (χ0v) is 24.8. The fourth-order valence-corrected chi connectivity index (χ4v) is 5.93. The van der Waals surface area contributed by atoms with E-state index in [1.54, 1.807) is 0 Å². The standard InChI is InChI=1S/C28H34BNO6.W/c1-5-20-25-18(13-14-28(3,4)30(25)17-22(26(20)31)27(32)33)10-8-7-9-15-35-19-11-12-21-23(16-19)29(34)36-24(21)6-2;/h10-12,16-17,24,34H,6-9,13-15H2,1-4H3,(H,32,33);. The zero-order valence-electron chi connectivity index (χ0n) is 21.9. The second-order valence-electron chi connectivity index (χ2n) is 10.4. The van der Waals surface area contributed by atoms with E-state index in [9.17, 15) is 19.7 Å². The second kappa shape index (κ2) is 11.2. The Bertz CT molecular complexity index is 1310. The number of nitrogens with zero attached hydrogens (tertiary/aromatic N) is 1. The molecule has 0 fully saturated rings. The zero-order chi connectivity index (χ0) is 26.9. The van der Waals surface area contributed by atoms with Crippen molar-refractivity contribution in [2.75, 3.05) is 6.61 Å². The molecule has 9 heteroatoms. The van der Waals surface area contributed by atoms with Gasteiger partial charge in [-0.25, -0.2) is 0 Å². The van der Waals surface area contributed by atoms with Gasteiger partial charge in [-0.1, -0.05) is 13.0 Å². The van der Waals surface area contributed by atoms with Crippen molar-refractivity contribution in [3.05, 3.63) is 63.1 Å². The van der Waals surface area contributed by atoms with Crippen LogP contribution in [-0.2, 0) is 29.5 Å². The van der Waals surface area contributed by atoms with E-state index in [0.29, 0.717) is 12.2 Å². The molecule has 196 valence electrons. The van der Waals surface area contributed by atoms with Crippen LogP contribution in [0.3, 0.4) is 0 Å². The molecule has 0 spiro atoms. The smallest absolute Gasteiger partial charge is 0.0532 e. The molecule has 0 saturated carbocycles. The number of allylic oxidation sites excluding steroid dienone is 2. The molecule has 2 aliphatic heterocycles. The number of pyridine rings is 1. The van der Waals surface area contributed by atoms with Gasteiger partial charge in [-0.15, -0.1) is 0 Å². The number of unbranched alkanes of at least 4 members (excludes halogenated alkanes) is 2. The molecular weight excluding hydrogens is 641 g/mol. The summed E-state index contributed by atoms with van der Waals surface area (Å²) >= 11 is 1.16. The molecule has 0 radical (unpaired) electrons. The topological polar surface area (TPSA) is 98.0 Å². The molecule has 0 saturated heterocycles. The molecule has 37 heavy (non-hydrogen) atoms. The Kier molecular flexibility index (Phi) is 8.42. The third-order valence-corrected chi connectivity index (χ3v) is 8.08. The molecule has 0 bridgehead atoms. The van der Waals surface area contributed by atoms with Crippen molar-refractivity contribution in [2.45, 2.75) is 77.9 Å². The quantitative estimate of drug-likeness (QED) is 0.309. The molecule has 0 amide bonds. The molecular formula is C28H34BNO6W. The minimum absolute atomic E-state index is 0.0647. The Morgan fingerprint density at radius 2 is 2.11 bits per heavy atom. The van der Waals surface area contributed by atoms with Crippen LogP contribution in [0.1, 0.15) is 99.5 Å². The van der Waals surface area contributed by atoms with Gasteiger partial charge >= 0.3 is 183 Å². The molecule has 4 rings (SSSR count). The van der Waals surface area contributed by atoms with Gasteiger partial charge in [0.1, 0.15) is 0 Å². The first-order valence-corrected chi connectivity index (χ1v) is 14.4. The van der Waals surface area contributed by atoms with E-state index < -0.39 is 18.5 Å². The summed E-state index contributed by atoms with van der Waals surface area (Å²) in [4.78, 5) is 24.9. The average Bonchev–Trinajstić information content (AvgIpc) is 3.16. The Morgan fingerprint density at radius 3 is 2.78 bits per heavy atom. The molecule has 2 aliphatic rings. The van der Waals surface area contributed by atoms with Crippen molar-refractivity contribution < 1.29 is 43.7 Å². The third kappa shape index (κ3) is 5.62. The molecule has 0 aliphatic carbocycles. The van der Waals surface area contributed by atoms with Crippen molar-refractivity contribution in [1.29, 1.82) is 0 Å². The van der Waals surface area contributed by atoms with Gasteiger partial charge in [-0.2, -0.15) is 0 Å². The number of ether oxygens (including phenoxy) is 1. The number of aromatic carboxylic acids is 1. The first-order valence-electron chi connectivity index (χ1n) is 12.9. The third-order valence-electron chi connectivity index (χ3n) is 7.35. The fraction of sp³-hybridized carbons (Fsp3) is 0.464. The van der Waals surface area contributed by atoms with Crippen LogP contribution in [0.2, 0.25) is 0 Å². The van der Waals surface area contributed by atoms with Crippen LogP contribution in [0, 0.1) is 0 Å². The number of rotatable bonds is 9. The molecule has 2 aromatic rings. The Morgan fingerprint density at radius 1 is 1.35 bits per heavy atom. The van der Waals surface area contributed by atoms with E-state index in [1.807, 2.05) is 36.6 Å². The van der Waals surface area contributed by atoms with Gasteiger partial charge in [0.15, 0.2) is 0 Å². The maximum atomic E-state index is 13.1. The first-order chi connectivity index (χ1) is 17.5. The number of carboxylic acids is 1. The molecule has 1 aromatic heterocycles. The van der Waals surface area contributed by atoms with Gasteiger partial charge in [0.25, 0.3) is 0 Å². The van der Waals surface area contributed by atoms with E-state index >= 15 is 0 Å². The molecule has 3 heterocycles. The Balaban J connectivity index is 1.44. The maximum absolute atomic E-state index is 13.1. The summed E-state index contributed by atoms with van der Waals surface area (Å²) in [6.45, 7) is 8.69. The number of fused-ring (bicyclic) bond motifs is 2. The van der Waals surface area contributed by atoms with E-state index in [2.05, 4.69) is 19.9 Å². The summed E-state index contributed by atoms with van der Waals surface area (Å²) in [6.07, 6.45) is 8.85. The minimum Gasteiger partial charge on any atom is -0.0532 e. The van der Waals surface area contributed by atoms with Crippen LogP contribution >= 0.6 is 0 Å².